The number of hydrogen-bond acceptors (Lipinski definition) is 4. The lowest BCUT2D eigenvalue weighted by Gasteiger charge is -2.05. The van der Waals surface area contributed by atoms with Crippen molar-refractivity contribution in [3.8, 4) is 0 Å². The molecule has 1 N–H and O–H groups in total. The third-order valence-corrected chi connectivity index (χ3v) is 5.13. The van der Waals surface area contributed by atoms with Gasteiger partial charge in [0.05, 0.1) is 12.8 Å². The highest BCUT2D eigenvalue weighted by Gasteiger charge is 2.15. The average molecular weight is 410 g/mol. The first-order valence-electron chi connectivity index (χ1n) is 9.17. The highest BCUT2D eigenvalue weighted by Crippen LogP contribution is 2.28. The Balaban J connectivity index is 1.57. The molecule has 6 nitrogen and oxygen atoms in total. The molecule has 0 spiro atoms. The Morgan fingerprint density at radius 2 is 2.10 bits per heavy atom. The van der Waals surface area contributed by atoms with Crippen molar-refractivity contribution < 1.29 is 13.9 Å². The van der Waals surface area contributed by atoms with Gasteiger partial charge in [-0.2, -0.15) is 5.10 Å². The van der Waals surface area contributed by atoms with Gasteiger partial charge < -0.3 is 13.7 Å². The number of carbonyl (C=O) groups is 1. The van der Waals surface area contributed by atoms with Crippen LogP contribution in [0.5, 0.6) is 0 Å². The van der Waals surface area contributed by atoms with Gasteiger partial charge in [0.2, 0.25) is 0 Å². The van der Waals surface area contributed by atoms with Crippen LogP contribution in [-0.4, -0.2) is 30.4 Å². The molecule has 2 aromatic heterocycles. The summed E-state index contributed by atoms with van der Waals surface area (Å²) >= 11 is 6.57. The predicted octanol–water partition coefficient (Wildman–Crippen LogP) is 4.76. The van der Waals surface area contributed by atoms with Gasteiger partial charge in [-0.05, 0) is 31.2 Å². The van der Waals surface area contributed by atoms with Crippen LogP contribution in [0.15, 0.2) is 58.0 Å². The van der Waals surface area contributed by atoms with Gasteiger partial charge in [-0.15, -0.1) is 0 Å². The summed E-state index contributed by atoms with van der Waals surface area (Å²) in [6.07, 6.45) is 1.55. The molecule has 29 heavy (non-hydrogen) atoms. The Morgan fingerprint density at radius 3 is 2.93 bits per heavy atom. The number of rotatable bonds is 6. The summed E-state index contributed by atoms with van der Waals surface area (Å²) in [5.41, 5.74) is 5.99. The third kappa shape index (κ3) is 3.77. The molecule has 0 saturated heterocycles. The van der Waals surface area contributed by atoms with E-state index in [1.54, 1.807) is 19.4 Å². The van der Waals surface area contributed by atoms with Gasteiger partial charge in [-0.1, -0.05) is 41.4 Å². The lowest BCUT2D eigenvalue weighted by Crippen LogP contribution is -2.16. The van der Waals surface area contributed by atoms with Crippen molar-refractivity contribution >= 4 is 45.6 Å². The van der Waals surface area contributed by atoms with Crippen LogP contribution in [0.4, 0.5) is 0 Å². The third-order valence-electron chi connectivity index (χ3n) is 4.72. The number of carbonyl (C=O) groups excluding carboxylic acids is 1. The van der Waals surface area contributed by atoms with Crippen LogP contribution in [-0.2, 0) is 11.3 Å². The molecule has 1 amide bonds. The Hall–Kier alpha value is -3.09. The maximum atomic E-state index is 12.4. The first-order valence-corrected chi connectivity index (χ1v) is 9.55. The zero-order chi connectivity index (χ0) is 20.4. The summed E-state index contributed by atoms with van der Waals surface area (Å²) in [5, 5.41) is 6.47. The molecule has 4 aromatic rings. The molecule has 0 saturated carbocycles. The highest BCUT2D eigenvalue weighted by molar-refractivity contribution is 6.34. The van der Waals surface area contributed by atoms with E-state index in [-0.39, 0.29) is 5.76 Å². The maximum absolute atomic E-state index is 12.4. The molecule has 0 radical (unpaired) electrons. The molecule has 0 aliphatic heterocycles. The SMILES string of the molecule is COCCn1c(Cl)c(/C=N/NC(=O)c2cc3cc(C)ccc3o2)c2ccccc21. The second kappa shape index (κ2) is 8.11. The normalized spacial score (nSPS) is 11.7. The lowest BCUT2D eigenvalue weighted by molar-refractivity contribution is 0.0929. The number of furan rings is 1. The highest BCUT2D eigenvalue weighted by atomic mass is 35.5. The molecule has 0 aliphatic rings. The summed E-state index contributed by atoms with van der Waals surface area (Å²) in [4.78, 5) is 12.4. The zero-order valence-electron chi connectivity index (χ0n) is 16.1. The Bertz CT molecular complexity index is 1220. The summed E-state index contributed by atoms with van der Waals surface area (Å²) in [6.45, 7) is 3.15. The molecular weight excluding hydrogens is 390 g/mol. The van der Waals surface area contributed by atoms with Crippen LogP contribution < -0.4 is 5.43 Å². The number of hydrazone groups is 1. The van der Waals surface area contributed by atoms with Gasteiger partial charge in [-0.3, -0.25) is 4.79 Å². The monoisotopic (exact) mass is 409 g/mol. The van der Waals surface area contributed by atoms with Crippen LogP contribution in [0.3, 0.4) is 0 Å². The van der Waals surface area contributed by atoms with Crippen molar-refractivity contribution in [1.82, 2.24) is 9.99 Å². The van der Waals surface area contributed by atoms with Crippen molar-refractivity contribution in [3.63, 3.8) is 0 Å². The molecule has 7 heteroatoms. The topological polar surface area (TPSA) is 68.8 Å². The second-order valence-electron chi connectivity index (χ2n) is 6.72. The molecule has 0 unspecified atom stereocenters. The zero-order valence-corrected chi connectivity index (χ0v) is 16.9. The number of ether oxygens (including phenoxy) is 1. The number of halogens is 1. The standard InChI is InChI=1S/C22H20ClN3O3/c1-14-7-8-19-15(11-14)12-20(29-19)22(27)25-24-13-17-16-5-3-4-6-18(16)26(21(17)23)9-10-28-2/h3-8,11-13H,9-10H2,1-2H3,(H,25,27)/b24-13+. The van der Waals surface area contributed by atoms with E-state index in [0.717, 1.165) is 27.4 Å². The molecule has 148 valence electrons. The van der Waals surface area contributed by atoms with Crippen LogP contribution in [0.1, 0.15) is 21.7 Å². The molecule has 0 atom stereocenters. The Kier molecular flexibility index (Phi) is 5.38. The number of nitrogens with one attached hydrogen (secondary N) is 1. The number of nitrogens with zero attached hydrogens (tertiary/aromatic N) is 2. The minimum Gasteiger partial charge on any atom is -0.451 e. The van der Waals surface area contributed by atoms with Crippen molar-refractivity contribution in [1.29, 1.82) is 0 Å². The fourth-order valence-electron chi connectivity index (χ4n) is 3.31. The van der Waals surface area contributed by atoms with E-state index in [1.165, 1.54) is 0 Å². The maximum Gasteiger partial charge on any atom is 0.307 e. The van der Waals surface area contributed by atoms with Crippen molar-refractivity contribution in [2.45, 2.75) is 13.5 Å². The van der Waals surface area contributed by atoms with Crippen LogP contribution in [0.2, 0.25) is 5.15 Å². The van der Waals surface area contributed by atoms with E-state index in [4.69, 9.17) is 20.8 Å². The quantitative estimate of drug-likeness (QED) is 0.368. The van der Waals surface area contributed by atoms with Crippen LogP contribution in [0, 0.1) is 6.92 Å². The average Bonchev–Trinajstić information content (AvgIpc) is 3.25. The predicted molar refractivity (Wildman–Crippen MR) is 115 cm³/mol. The van der Waals surface area contributed by atoms with E-state index >= 15 is 0 Å². The van der Waals surface area contributed by atoms with Crippen molar-refractivity contribution in [2.75, 3.05) is 13.7 Å². The summed E-state index contributed by atoms with van der Waals surface area (Å²) in [6, 6.07) is 15.3. The van der Waals surface area contributed by atoms with Crippen LogP contribution >= 0.6 is 11.6 Å². The number of hydrogen-bond donors (Lipinski definition) is 1. The number of aryl methyl sites for hydroxylation is 1. The minimum absolute atomic E-state index is 0.205. The van der Waals surface area contributed by atoms with Crippen molar-refractivity contribution in [2.24, 2.45) is 5.10 Å². The molecule has 4 rings (SSSR count). The van der Waals surface area contributed by atoms with E-state index in [1.807, 2.05) is 54.0 Å². The molecule has 2 aromatic carbocycles. The van der Waals surface area contributed by atoms with Gasteiger partial charge >= 0.3 is 5.91 Å². The Morgan fingerprint density at radius 1 is 1.28 bits per heavy atom. The van der Waals surface area contributed by atoms with E-state index in [9.17, 15) is 4.79 Å². The largest absolute Gasteiger partial charge is 0.451 e. The number of amides is 1. The van der Waals surface area contributed by atoms with Gasteiger partial charge in [0, 0.05) is 35.5 Å². The number of para-hydroxylation sites is 1. The summed E-state index contributed by atoms with van der Waals surface area (Å²) in [5.74, 6) is -0.217. The smallest absolute Gasteiger partial charge is 0.307 e. The van der Waals surface area contributed by atoms with E-state index in [2.05, 4.69) is 10.5 Å². The first kappa shape index (κ1) is 19.2. The molecule has 0 bridgehead atoms. The summed E-state index contributed by atoms with van der Waals surface area (Å²) < 4.78 is 12.7. The lowest BCUT2D eigenvalue weighted by atomic mass is 10.2. The van der Waals surface area contributed by atoms with E-state index in [0.29, 0.717) is 23.9 Å². The number of aromatic nitrogens is 1. The fraction of sp³-hybridized carbons (Fsp3) is 0.182. The van der Waals surface area contributed by atoms with Gasteiger partial charge in [-0.25, -0.2) is 5.43 Å². The summed E-state index contributed by atoms with van der Waals surface area (Å²) in [7, 11) is 1.65. The number of methoxy groups -OCH3 is 1. The fourth-order valence-corrected chi connectivity index (χ4v) is 3.63. The molecule has 2 heterocycles. The van der Waals surface area contributed by atoms with Crippen molar-refractivity contribution in [3.05, 3.63) is 70.6 Å². The first-order chi connectivity index (χ1) is 14.1. The van der Waals surface area contributed by atoms with Gasteiger partial charge in [0.15, 0.2) is 5.76 Å². The minimum atomic E-state index is -0.422. The molecular formula is C22H20ClN3O3. The number of fused-ring (bicyclic) bond motifs is 2. The second-order valence-corrected chi connectivity index (χ2v) is 7.08. The van der Waals surface area contributed by atoms with Crippen LogP contribution in [0.25, 0.3) is 21.9 Å². The van der Waals surface area contributed by atoms with E-state index < -0.39 is 5.91 Å². The van der Waals surface area contributed by atoms with Gasteiger partial charge in [0.25, 0.3) is 0 Å². The number of benzene rings is 2. The van der Waals surface area contributed by atoms with Gasteiger partial charge in [0.1, 0.15) is 10.7 Å². The Labute approximate surface area is 172 Å². The molecule has 0 fully saturated rings. The molecule has 0 aliphatic carbocycles.